The molecule has 1 aromatic rings. The van der Waals surface area contributed by atoms with Crippen LogP contribution in [-0.2, 0) is 0 Å². The van der Waals surface area contributed by atoms with Gasteiger partial charge in [-0.05, 0) is 69.2 Å². The number of hydrogen-bond donors (Lipinski definition) is 3. The molecule has 22 heavy (non-hydrogen) atoms. The van der Waals surface area contributed by atoms with Crippen molar-refractivity contribution in [3.8, 4) is 0 Å². The summed E-state index contributed by atoms with van der Waals surface area (Å²) < 4.78 is 0. The molecule has 1 aromatic carbocycles. The Morgan fingerprint density at radius 3 is 2.45 bits per heavy atom. The van der Waals surface area contributed by atoms with Crippen molar-refractivity contribution in [1.29, 1.82) is 0 Å². The molecule has 1 aliphatic carbocycles. The quantitative estimate of drug-likeness (QED) is 0.756. The molecular formula is C18H29N3O. The molecule has 0 spiro atoms. The second-order valence-corrected chi connectivity index (χ2v) is 6.52. The molecule has 4 nitrogen and oxygen atoms in total. The van der Waals surface area contributed by atoms with Crippen LogP contribution in [0.25, 0.3) is 0 Å². The van der Waals surface area contributed by atoms with Gasteiger partial charge < -0.3 is 16.4 Å². The molecule has 0 saturated heterocycles. The monoisotopic (exact) mass is 303 g/mol. The predicted molar refractivity (Wildman–Crippen MR) is 92.1 cm³/mol. The van der Waals surface area contributed by atoms with Crippen LogP contribution in [0.15, 0.2) is 24.3 Å². The van der Waals surface area contributed by atoms with Gasteiger partial charge in [0.05, 0.1) is 0 Å². The third-order valence-electron chi connectivity index (χ3n) is 4.62. The average molecular weight is 303 g/mol. The van der Waals surface area contributed by atoms with Crippen molar-refractivity contribution in [2.45, 2.75) is 58.0 Å². The van der Waals surface area contributed by atoms with Crippen LogP contribution in [0.5, 0.6) is 0 Å². The topological polar surface area (TPSA) is 67.2 Å². The second-order valence-electron chi connectivity index (χ2n) is 6.52. The number of rotatable bonds is 6. The minimum absolute atomic E-state index is 0.00201. The Kier molecular flexibility index (Phi) is 6.25. The van der Waals surface area contributed by atoms with Gasteiger partial charge in [0.1, 0.15) is 0 Å². The molecule has 2 rings (SSSR count). The summed E-state index contributed by atoms with van der Waals surface area (Å²) in [6.07, 6.45) is 5.64. The molecule has 1 unspecified atom stereocenters. The van der Waals surface area contributed by atoms with E-state index in [0.29, 0.717) is 12.0 Å². The van der Waals surface area contributed by atoms with Gasteiger partial charge in [0, 0.05) is 29.9 Å². The van der Waals surface area contributed by atoms with Crippen LogP contribution in [0, 0.1) is 5.92 Å². The van der Waals surface area contributed by atoms with Crippen molar-refractivity contribution in [3.63, 3.8) is 0 Å². The van der Waals surface area contributed by atoms with E-state index >= 15 is 0 Å². The summed E-state index contributed by atoms with van der Waals surface area (Å²) >= 11 is 0. The number of amides is 1. The lowest BCUT2D eigenvalue weighted by molar-refractivity contribution is 0.0939. The van der Waals surface area contributed by atoms with Crippen LogP contribution in [0.1, 0.15) is 56.3 Å². The van der Waals surface area contributed by atoms with E-state index in [1.54, 1.807) is 0 Å². The first-order valence-electron chi connectivity index (χ1n) is 8.49. The van der Waals surface area contributed by atoms with Crippen LogP contribution in [-0.4, -0.2) is 24.5 Å². The number of anilines is 1. The fourth-order valence-electron chi connectivity index (χ4n) is 2.80. The lowest BCUT2D eigenvalue weighted by atomic mass is 9.86. The van der Waals surface area contributed by atoms with Crippen LogP contribution >= 0.6 is 0 Å². The van der Waals surface area contributed by atoms with E-state index in [0.717, 1.165) is 37.1 Å². The van der Waals surface area contributed by atoms with Gasteiger partial charge in [0.25, 0.3) is 5.91 Å². The Morgan fingerprint density at radius 2 is 1.86 bits per heavy atom. The molecular weight excluding hydrogens is 274 g/mol. The van der Waals surface area contributed by atoms with Crippen molar-refractivity contribution < 1.29 is 4.79 Å². The third-order valence-corrected chi connectivity index (χ3v) is 4.62. The molecule has 1 fully saturated rings. The van der Waals surface area contributed by atoms with Gasteiger partial charge in [-0.2, -0.15) is 0 Å². The Morgan fingerprint density at radius 1 is 1.23 bits per heavy atom. The molecule has 0 radical (unpaired) electrons. The lowest BCUT2D eigenvalue weighted by Gasteiger charge is -2.26. The molecule has 122 valence electrons. The highest BCUT2D eigenvalue weighted by atomic mass is 16.1. The molecule has 1 saturated carbocycles. The zero-order valence-electron chi connectivity index (χ0n) is 13.8. The van der Waals surface area contributed by atoms with Crippen molar-refractivity contribution in [3.05, 3.63) is 29.8 Å². The van der Waals surface area contributed by atoms with Crippen molar-refractivity contribution in [2.75, 3.05) is 11.9 Å². The molecule has 1 aliphatic rings. The Bertz CT molecular complexity index is 464. The standard InChI is InChI=1S/C18H29N3O/c1-3-13(2)21-18(22)15-6-10-17(11-7-15)20-12-14-4-8-16(19)9-5-14/h6-7,10-11,13-14,16,20H,3-5,8-9,12,19H2,1-2H3,(H,21,22). The van der Waals surface area contributed by atoms with Crippen molar-refractivity contribution >= 4 is 11.6 Å². The zero-order chi connectivity index (χ0) is 15.9. The number of carbonyl (C=O) groups is 1. The van der Waals surface area contributed by atoms with E-state index in [1.165, 1.54) is 12.8 Å². The van der Waals surface area contributed by atoms with E-state index < -0.39 is 0 Å². The maximum absolute atomic E-state index is 12.0. The molecule has 0 bridgehead atoms. The zero-order valence-corrected chi connectivity index (χ0v) is 13.8. The highest BCUT2D eigenvalue weighted by Crippen LogP contribution is 2.23. The fourth-order valence-corrected chi connectivity index (χ4v) is 2.80. The Hall–Kier alpha value is -1.55. The summed E-state index contributed by atoms with van der Waals surface area (Å²) in [5.74, 6) is 0.718. The third kappa shape index (κ3) is 5.02. The number of nitrogens with two attached hydrogens (primary N) is 1. The Balaban J connectivity index is 1.80. The molecule has 1 amide bonds. The second kappa shape index (κ2) is 8.18. The van der Waals surface area contributed by atoms with Gasteiger partial charge in [-0.3, -0.25) is 4.79 Å². The minimum Gasteiger partial charge on any atom is -0.385 e. The van der Waals surface area contributed by atoms with Gasteiger partial charge in [-0.15, -0.1) is 0 Å². The van der Waals surface area contributed by atoms with Crippen molar-refractivity contribution in [1.82, 2.24) is 5.32 Å². The fraction of sp³-hybridized carbons (Fsp3) is 0.611. The molecule has 4 heteroatoms. The number of carbonyl (C=O) groups excluding carboxylic acids is 1. The van der Waals surface area contributed by atoms with Crippen LogP contribution in [0.4, 0.5) is 5.69 Å². The highest BCUT2D eigenvalue weighted by Gasteiger charge is 2.18. The summed E-state index contributed by atoms with van der Waals surface area (Å²) in [6.45, 7) is 5.07. The van der Waals surface area contributed by atoms with Gasteiger partial charge in [0.15, 0.2) is 0 Å². The normalized spacial score (nSPS) is 22.9. The van der Waals surface area contributed by atoms with Crippen LogP contribution in [0.3, 0.4) is 0 Å². The molecule has 4 N–H and O–H groups in total. The lowest BCUT2D eigenvalue weighted by Crippen LogP contribution is -2.31. The maximum atomic E-state index is 12.0. The summed E-state index contributed by atoms with van der Waals surface area (Å²) in [6, 6.07) is 8.36. The van der Waals surface area contributed by atoms with Gasteiger partial charge in [0.2, 0.25) is 0 Å². The smallest absolute Gasteiger partial charge is 0.251 e. The molecule has 0 heterocycles. The summed E-state index contributed by atoms with van der Waals surface area (Å²) in [5, 5.41) is 6.46. The average Bonchev–Trinajstić information content (AvgIpc) is 2.54. The first-order valence-corrected chi connectivity index (χ1v) is 8.49. The number of hydrogen-bond acceptors (Lipinski definition) is 3. The molecule has 0 aliphatic heterocycles. The maximum Gasteiger partial charge on any atom is 0.251 e. The van der Waals surface area contributed by atoms with E-state index in [1.807, 2.05) is 31.2 Å². The van der Waals surface area contributed by atoms with Gasteiger partial charge in [-0.1, -0.05) is 6.92 Å². The summed E-state index contributed by atoms with van der Waals surface area (Å²) in [7, 11) is 0. The van der Waals surface area contributed by atoms with E-state index in [4.69, 9.17) is 5.73 Å². The first kappa shape index (κ1) is 16.8. The van der Waals surface area contributed by atoms with Crippen molar-refractivity contribution in [2.24, 2.45) is 11.7 Å². The van der Waals surface area contributed by atoms with E-state index in [-0.39, 0.29) is 11.9 Å². The summed E-state index contributed by atoms with van der Waals surface area (Å²) in [5.41, 5.74) is 7.73. The first-order chi connectivity index (χ1) is 10.6. The van der Waals surface area contributed by atoms with Gasteiger partial charge in [-0.25, -0.2) is 0 Å². The highest BCUT2D eigenvalue weighted by molar-refractivity contribution is 5.94. The van der Waals surface area contributed by atoms with Crippen LogP contribution < -0.4 is 16.4 Å². The Labute approximate surface area is 133 Å². The summed E-state index contributed by atoms with van der Waals surface area (Å²) in [4.78, 5) is 12.0. The van der Waals surface area contributed by atoms with Gasteiger partial charge >= 0.3 is 0 Å². The minimum atomic E-state index is 0.00201. The number of benzene rings is 1. The van der Waals surface area contributed by atoms with Crippen LogP contribution in [0.2, 0.25) is 0 Å². The molecule has 0 aromatic heterocycles. The van der Waals surface area contributed by atoms with E-state index in [9.17, 15) is 4.79 Å². The predicted octanol–water partition coefficient (Wildman–Crippen LogP) is 3.14. The molecule has 1 atom stereocenters. The van der Waals surface area contributed by atoms with E-state index in [2.05, 4.69) is 17.6 Å². The SMILES string of the molecule is CCC(C)NC(=O)c1ccc(NCC2CCC(N)CC2)cc1. The number of nitrogens with one attached hydrogen (secondary N) is 2. The largest absolute Gasteiger partial charge is 0.385 e.